The highest BCUT2D eigenvalue weighted by molar-refractivity contribution is 8.01. The van der Waals surface area contributed by atoms with Gasteiger partial charge in [0.2, 0.25) is 0 Å². The average Bonchev–Trinajstić information content (AvgIpc) is 3.27. The summed E-state index contributed by atoms with van der Waals surface area (Å²) in [7, 11) is 0. The van der Waals surface area contributed by atoms with Gasteiger partial charge in [0.25, 0.3) is 5.91 Å². The summed E-state index contributed by atoms with van der Waals surface area (Å²) in [4.78, 5) is 17.5. The van der Waals surface area contributed by atoms with Gasteiger partial charge in [-0.1, -0.05) is 48.5 Å². The Labute approximate surface area is 165 Å². The first-order valence-corrected chi connectivity index (χ1v) is 10.9. The molecule has 4 heteroatoms. The fourth-order valence-corrected chi connectivity index (χ4v) is 6.85. The number of thioether (sulfide) groups is 1. The molecule has 1 spiro atoms. The fourth-order valence-electron chi connectivity index (χ4n) is 5.02. The van der Waals surface area contributed by atoms with Gasteiger partial charge in [0.15, 0.2) is 0 Å². The maximum atomic E-state index is 12.7. The van der Waals surface area contributed by atoms with Gasteiger partial charge in [0, 0.05) is 36.0 Å². The number of piperidine rings is 1. The Kier molecular flexibility index (Phi) is 4.49. The van der Waals surface area contributed by atoms with E-state index in [2.05, 4.69) is 51.9 Å². The van der Waals surface area contributed by atoms with E-state index in [9.17, 15) is 4.79 Å². The quantitative estimate of drug-likeness (QED) is 0.765. The predicted octanol–water partition coefficient (Wildman–Crippen LogP) is 4.57. The van der Waals surface area contributed by atoms with E-state index in [0.29, 0.717) is 16.2 Å². The molecule has 3 saturated heterocycles. The lowest BCUT2D eigenvalue weighted by Gasteiger charge is -2.39. The van der Waals surface area contributed by atoms with Crippen molar-refractivity contribution in [3.63, 3.8) is 0 Å². The van der Waals surface area contributed by atoms with Gasteiger partial charge < -0.3 is 4.90 Å². The second-order valence-electron chi connectivity index (χ2n) is 8.09. The molecule has 0 aromatic heterocycles. The largest absolute Gasteiger partial charge is 0.339 e. The summed E-state index contributed by atoms with van der Waals surface area (Å²) in [5.41, 5.74) is 2.28. The molecule has 0 bridgehead atoms. The summed E-state index contributed by atoms with van der Waals surface area (Å²) >= 11 is 2.20. The van der Waals surface area contributed by atoms with Gasteiger partial charge in [-0.3, -0.25) is 9.69 Å². The van der Waals surface area contributed by atoms with Gasteiger partial charge in [-0.05, 0) is 43.4 Å². The zero-order chi connectivity index (χ0) is 18.3. The monoisotopic (exact) mass is 378 g/mol. The number of benzene rings is 2. The van der Waals surface area contributed by atoms with Crippen molar-refractivity contribution in [1.82, 2.24) is 9.80 Å². The maximum absolute atomic E-state index is 12.7. The van der Waals surface area contributed by atoms with Crippen molar-refractivity contribution >= 4 is 17.7 Å². The van der Waals surface area contributed by atoms with Crippen LogP contribution >= 0.6 is 11.8 Å². The molecule has 2 aromatic carbocycles. The molecule has 0 radical (unpaired) electrons. The lowest BCUT2D eigenvalue weighted by atomic mass is 9.93. The third-order valence-electron chi connectivity index (χ3n) is 6.48. The first-order chi connectivity index (χ1) is 13.2. The molecule has 3 aliphatic heterocycles. The van der Waals surface area contributed by atoms with Crippen LogP contribution in [0.1, 0.15) is 47.6 Å². The van der Waals surface area contributed by atoms with Crippen LogP contribution < -0.4 is 0 Å². The van der Waals surface area contributed by atoms with Crippen LogP contribution in [0, 0.1) is 0 Å². The number of hydrogen-bond donors (Lipinski definition) is 0. The summed E-state index contributed by atoms with van der Waals surface area (Å²) in [6.07, 6.45) is 4.80. The molecular weight excluding hydrogens is 352 g/mol. The van der Waals surface area contributed by atoms with Crippen LogP contribution in [0.25, 0.3) is 0 Å². The SMILES string of the molecule is O=C(c1ccccc1)N1CCC2(CC1)CN1[C@@H](CC[C@H]1c1ccccc1)S2. The van der Waals surface area contributed by atoms with Crippen LogP contribution in [0.5, 0.6) is 0 Å². The van der Waals surface area contributed by atoms with Gasteiger partial charge >= 0.3 is 0 Å². The summed E-state index contributed by atoms with van der Waals surface area (Å²) in [6, 6.07) is 21.3. The van der Waals surface area contributed by atoms with Crippen LogP contribution in [0.3, 0.4) is 0 Å². The van der Waals surface area contributed by atoms with Gasteiger partial charge in [-0.15, -0.1) is 11.8 Å². The Balaban J connectivity index is 1.25. The van der Waals surface area contributed by atoms with Gasteiger partial charge in [-0.25, -0.2) is 0 Å². The molecule has 1 amide bonds. The number of carbonyl (C=O) groups excluding carboxylic acids is 1. The van der Waals surface area contributed by atoms with Crippen molar-refractivity contribution in [3.05, 3.63) is 71.8 Å². The first-order valence-electron chi connectivity index (χ1n) is 10.1. The van der Waals surface area contributed by atoms with Gasteiger partial charge in [-0.2, -0.15) is 0 Å². The number of rotatable bonds is 2. The van der Waals surface area contributed by atoms with Crippen LogP contribution in [0.2, 0.25) is 0 Å². The molecule has 2 atom stereocenters. The van der Waals surface area contributed by atoms with Gasteiger partial charge in [0.1, 0.15) is 0 Å². The van der Waals surface area contributed by atoms with Crippen molar-refractivity contribution in [3.8, 4) is 0 Å². The van der Waals surface area contributed by atoms with Crippen LogP contribution in [-0.4, -0.2) is 45.5 Å². The van der Waals surface area contributed by atoms with Crippen molar-refractivity contribution in [2.24, 2.45) is 0 Å². The van der Waals surface area contributed by atoms with E-state index < -0.39 is 0 Å². The zero-order valence-electron chi connectivity index (χ0n) is 15.6. The van der Waals surface area contributed by atoms with Gasteiger partial charge in [0.05, 0.1) is 5.37 Å². The molecule has 2 aromatic rings. The number of likely N-dealkylation sites (tertiary alicyclic amines) is 1. The molecule has 3 fully saturated rings. The predicted molar refractivity (Wildman–Crippen MR) is 111 cm³/mol. The highest BCUT2D eigenvalue weighted by atomic mass is 32.2. The van der Waals surface area contributed by atoms with Crippen LogP contribution in [-0.2, 0) is 0 Å². The Morgan fingerprint density at radius 2 is 1.59 bits per heavy atom. The zero-order valence-corrected chi connectivity index (χ0v) is 16.4. The van der Waals surface area contributed by atoms with E-state index in [1.807, 2.05) is 30.3 Å². The number of amides is 1. The average molecular weight is 379 g/mol. The van der Waals surface area contributed by atoms with E-state index in [1.54, 1.807) is 0 Å². The molecule has 0 N–H and O–H groups in total. The summed E-state index contributed by atoms with van der Waals surface area (Å²) < 4.78 is 0.339. The minimum Gasteiger partial charge on any atom is -0.339 e. The molecule has 140 valence electrons. The summed E-state index contributed by atoms with van der Waals surface area (Å²) in [5.74, 6) is 0.191. The highest BCUT2D eigenvalue weighted by Crippen LogP contribution is 2.54. The Hall–Kier alpha value is -1.78. The molecule has 5 rings (SSSR count). The molecule has 0 saturated carbocycles. The Morgan fingerprint density at radius 1 is 0.926 bits per heavy atom. The minimum atomic E-state index is 0.191. The third-order valence-corrected chi connectivity index (χ3v) is 8.30. The van der Waals surface area contributed by atoms with Crippen LogP contribution in [0.4, 0.5) is 0 Å². The molecular formula is C23H26N2OS. The Morgan fingerprint density at radius 3 is 2.30 bits per heavy atom. The van der Waals surface area contributed by atoms with Crippen molar-refractivity contribution < 1.29 is 4.79 Å². The molecule has 3 heterocycles. The Bertz CT molecular complexity index is 802. The van der Waals surface area contributed by atoms with E-state index in [4.69, 9.17) is 0 Å². The van der Waals surface area contributed by atoms with E-state index >= 15 is 0 Å². The van der Waals surface area contributed by atoms with Crippen LogP contribution in [0.15, 0.2) is 60.7 Å². The van der Waals surface area contributed by atoms with E-state index in [0.717, 1.165) is 31.5 Å². The molecule has 3 aliphatic rings. The smallest absolute Gasteiger partial charge is 0.253 e. The number of fused-ring (bicyclic) bond motifs is 1. The number of nitrogens with zero attached hydrogens (tertiary/aromatic N) is 2. The van der Waals surface area contributed by atoms with E-state index in [1.165, 1.54) is 24.9 Å². The molecule has 3 nitrogen and oxygen atoms in total. The van der Waals surface area contributed by atoms with E-state index in [-0.39, 0.29) is 5.91 Å². The minimum absolute atomic E-state index is 0.191. The maximum Gasteiger partial charge on any atom is 0.253 e. The molecule has 0 unspecified atom stereocenters. The lowest BCUT2D eigenvalue weighted by molar-refractivity contribution is 0.0693. The number of hydrogen-bond acceptors (Lipinski definition) is 3. The highest BCUT2D eigenvalue weighted by Gasteiger charge is 2.51. The van der Waals surface area contributed by atoms with Crippen molar-refractivity contribution in [2.75, 3.05) is 19.6 Å². The molecule has 0 aliphatic carbocycles. The standard InChI is InChI=1S/C23H26N2OS/c26-22(19-9-5-2-6-10-19)24-15-13-23(14-16-24)17-25-20(11-12-21(25)27-23)18-7-3-1-4-8-18/h1-10,20-21H,11-17H2/t20-,21+/m0/s1. The third kappa shape index (κ3) is 3.19. The topological polar surface area (TPSA) is 23.6 Å². The second-order valence-corrected chi connectivity index (χ2v) is 9.74. The lowest BCUT2D eigenvalue weighted by Crippen LogP contribution is -2.47. The molecule has 27 heavy (non-hydrogen) atoms. The van der Waals surface area contributed by atoms with Crippen molar-refractivity contribution in [2.45, 2.75) is 41.8 Å². The number of carbonyl (C=O) groups is 1. The normalized spacial score (nSPS) is 27.0. The summed E-state index contributed by atoms with van der Waals surface area (Å²) in [5, 5.41) is 0.659. The first kappa shape index (κ1) is 17.3. The summed E-state index contributed by atoms with van der Waals surface area (Å²) in [6.45, 7) is 2.95. The second kappa shape index (κ2) is 6.99. The fraction of sp³-hybridized carbons (Fsp3) is 0.435. The van der Waals surface area contributed by atoms with Crippen molar-refractivity contribution in [1.29, 1.82) is 0 Å².